The summed E-state index contributed by atoms with van der Waals surface area (Å²) in [6.45, 7) is 4.29. The predicted molar refractivity (Wildman–Crippen MR) is 40.0 cm³/mol. The van der Waals surface area contributed by atoms with E-state index in [4.69, 9.17) is 0 Å². The van der Waals surface area contributed by atoms with Gasteiger partial charge in [-0.05, 0) is 12.8 Å². The van der Waals surface area contributed by atoms with E-state index in [1.165, 1.54) is 12.8 Å². The zero-order chi connectivity index (χ0) is 4.83. The monoisotopic (exact) mass is 164 g/mol. The van der Waals surface area contributed by atoms with E-state index in [0.29, 0.717) is 0 Å². The van der Waals surface area contributed by atoms with E-state index in [2.05, 4.69) is 26.0 Å². The third kappa shape index (κ3) is 10.7. The van der Waals surface area contributed by atoms with Crippen molar-refractivity contribution >= 4 is 17.0 Å². The van der Waals surface area contributed by atoms with Crippen molar-refractivity contribution < 1.29 is 0 Å². The summed E-state index contributed by atoms with van der Waals surface area (Å²) in [5.41, 5.74) is 0. The molecule has 0 aliphatic carbocycles. The van der Waals surface area contributed by atoms with Gasteiger partial charge in [0.1, 0.15) is 0 Å². The number of allylic oxidation sites excluding steroid dienone is 2. The van der Waals surface area contributed by atoms with Crippen molar-refractivity contribution in [2.75, 3.05) is 0 Å². The van der Waals surface area contributed by atoms with Crippen molar-refractivity contribution in [3.63, 3.8) is 0 Å². The Bertz CT molecular complexity index is 33.4. The Hall–Kier alpha value is 0.220. The van der Waals surface area contributed by atoms with Gasteiger partial charge in [0.2, 0.25) is 0 Å². The molecule has 1 heteroatoms. The first-order valence-corrected chi connectivity index (χ1v) is 2.56. The normalized spacial score (nSPS) is 8.86. The second kappa shape index (κ2) is 9.52. The van der Waals surface area contributed by atoms with Crippen LogP contribution in [0.5, 0.6) is 0 Å². The quantitative estimate of drug-likeness (QED) is 0.552. The van der Waals surface area contributed by atoms with Crippen LogP contribution in [0.4, 0.5) is 0 Å². The second-order valence-electron chi connectivity index (χ2n) is 1.29. The molecule has 0 spiro atoms. The summed E-state index contributed by atoms with van der Waals surface area (Å²) in [5.74, 6) is 0. The fourth-order valence-electron chi connectivity index (χ4n) is 0.333. The maximum Gasteiger partial charge on any atom is -0.0379 e. The lowest BCUT2D eigenvalue weighted by atomic mass is 10.4. The zero-order valence-corrected chi connectivity index (χ0v) is 6.69. The summed E-state index contributed by atoms with van der Waals surface area (Å²) in [5, 5.41) is 0. The SMILES string of the molecule is Br.CC/C=C\CC. The summed E-state index contributed by atoms with van der Waals surface area (Å²) in [6.07, 6.45) is 6.71. The summed E-state index contributed by atoms with van der Waals surface area (Å²) >= 11 is 0. The molecule has 0 radical (unpaired) electrons. The summed E-state index contributed by atoms with van der Waals surface area (Å²) in [7, 11) is 0. The summed E-state index contributed by atoms with van der Waals surface area (Å²) in [4.78, 5) is 0. The molecule has 0 saturated heterocycles. The molecule has 0 N–H and O–H groups in total. The number of rotatable bonds is 2. The van der Waals surface area contributed by atoms with Gasteiger partial charge in [0, 0.05) is 0 Å². The van der Waals surface area contributed by atoms with Crippen LogP contribution >= 0.6 is 17.0 Å². The highest BCUT2D eigenvalue weighted by molar-refractivity contribution is 8.93. The maximum absolute atomic E-state index is 2.18. The van der Waals surface area contributed by atoms with Gasteiger partial charge < -0.3 is 0 Å². The molecule has 0 aromatic rings. The Morgan fingerprint density at radius 1 is 1.00 bits per heavy atom. The highest BCUT2D eigenvalue weighted by Gasteiger charge is 1.60. The maximum atomic E-state index is 2.18. The van der Waals surface area contributed by atoms with E-state index in [1.54, 1.807) is 0 Å². The largest absolute Gasteiger partial charge is 0.114 e. The molecule has 0 amide bonds. The minimum absolute atomic E-state index is 0. The van der Waals surface area contributed by atoms with E-state index in [9.17, 15) is 0 Å². The van der Waals surface area contributed by atoms with Gasteiger partial charge in [-0.2, -0.15) is 0 Å². The van der Waals surface area contributed by atoms with Crippen LogP contribution in [-0.4, -0.2) is 0 Å². The average molecular weight is 165 g/mol. The smallest absolute Gasteiger partial charge is 0.0379 e. The first kappa shape index (κ1) is 10.3. The molecule has 0 aromatic heterocycles. The first-order chi connectivity index (χ1) is 2.91. The van der Waals surface area contributed by atoms with Crippen LogP contribution in [0.2, 0.25) is 0 Å². The molecule has 7 heavy (non-hydrogen) atoms. The van der Waals surface area contributed by atoms with Crippen molar-refractivity contribution in [3.8, 4) is 0 Å². The minimum Gasteiger partial charge on any atom is -0.114 e. The summed E-state index contributed by atoms with van der Waals surface area (Å²) in [6, 6.07) is 0. The molecule has 0 bridgehead atoms. The topological polar surface area (TPSA) is 0 Å². The van der Waals surface area contributed by atoms with E-state index in [0.717, 1.165) is 0 Å². The van der Waals surface area contributed by atoms with Crippen LogP contribution in [0.25, 0.3) is 0 Å². The molecule has 0 rings (SSSR count). The van der Waals surface area contributed by atoms with E-state index in [1.807, 2.05) is 0 Å². The lowest BCUT2D eigenvalue weighted by molar-refractivity contribution is 1.16. The van der Waals surface area contributed by atoms with Gasteiger partial charge in [-0.15, -0.1) is 17.0 Å². The average Bonchev–Trinajstić information content (AvgIpc) is 1.61. The van der Waals surface area contributed by atoms with Crippen molar-refractivity contribution in [2.24, 2.45) is 0 Å². The van der Waals surface area contributed by atoms with E-state index >= 15 is 0 Å². The fraction of sp³-hybridized carbons (Fsp3) is 0.667. The lowest BCUT2D eigenvalue weighted by Gasteiger charge is -1.72. The standard InChI is InChI=1S/C6H12.BrH/c1-3-5-6-4-2;/h5-6H,3-4H2,1-2H3;1H/b6-5-;. The van der Waals surface area contributed by atoms with Crippen LogP contribution in [-0.2, 0) is 0 Å². The molecule has 0 saturated carbocycles. The molecule has 0 aromatic carbocycles. The Morgan fingerprint density at radius 3 is 1.43 bits per heavy atom. The van der Waals surface area contributed by atoms with Gasteiger partial charge in [-0.3, -0.25) is 0 Å². The molecule has 0 atom stereocenters. The zero-order valence-electron chi connectivity index (χ0n) is 4.98. The van der Waals surface area contributed by atoms with Crippen LogP contribution in [0.3, 0.4) is 0 Å². The van der Waals surface area contributed by atoms with Crippen LogP contribution in [0.1, 0.15) is 26.7 Å². The van der Waals surface area contributed by atoms with Crippen molar-refractivity contribution in [1.29, 1.82) is 0 Å². The lowest BCUT2D eigenvalue weighted by Crippen LogP contribution is -1.51. The molecular formula is C6H13Br. The fourth-order valence-corrected chi connectivity index (χ4v) is 0.333. The van der Waals surface area contributed by atoms with Gasteiger partial charge >= 0.3 is 0 Å². The molecule has 0 aliphatic rings. The Balaban J connectivity index is 0. The van der Waals surface area contributed by atoms with Crippen LogP contribution in [0.15, 0.2) is 12.2 Å². The Labute approximate surface area is 56.4 Å². The molecule has 0 heterocycles. The molecule has 0 nitrogen and oxygen atoms in total. The molecule has 0 fully saturated rings. The van der Waals surface area contributed by atoms with Crippen LogP contribution < -0.4 is 0 Å². The highest BCUT2D eigenvalue weighted by atomic mass is 79.9. The third-order valence-electron chi connectivity index (χ3n) is 0.638. The van der Waals surface area contributed by atoms with Crippen LogP contribution in [0, 0.1) is 0 Å². The minimum atomic E-state index is 0. The highest BCUT2D eigenvalue weighted by Crippen LogP contribution is 1.81. The van der Waals surface area contributed by atoms with Crippen molar-refractivity contribution in [1.82, 2.24) is 0 Å². The number of halogens is 1. The van der Waals surface area contributed by atoms with Gasteiger partial charge in [-0.1, -0.05) is 26.0 Å². The number of hydrogen-bond acceptors (Lipinski definition) is 0. The van der Waals surface area contributed by atoms with E-state index < -0.39 is 0 Å². The predicted octanol–water partition coefficient (Wildman–Crippen LogP) is 2.94. The number of hydrogen-bond donors (Lipinski definition) is 0. The van der Waals surface area contributed by atoms with E-state index in [-0.39, 0.29) is 17.0 Å². The molecule has 0 aliphatic heterocycles. The second-order valence-corrected chi connectivity index (χ2v) is 1.29. The Kier molecular flexibility index (Phi) is 13.9. The molecule has 44 valence electrons. The Morgan fingerprint density at radius 2 is 1.29 bits per heavy atom. The molecule has 0 unspecified atom stereocenters. The van der Waals surface area contributed by atoms with Gasteiger partial charge in [0.25, 0.3) is 0 Å². The third-order valence-corrected chi connectivity index (χ3v) is 0.638. The van der Waals surface area contributed by atoms with Crippen molar-refractivity contribution in [3.05, 3.63) is 12.2 Å². The summed E-state index contributed by atoms with van der Waals surface area (Å²) < 4.78 is 0. The van der Waals surface area contributed by atoms with Gasteiger partial charge in [0.05, 0.1) is 0 Å². The van der Waals surface area contributed by atoms with Gasteiger partial charge in [-0.25, -0.2) is 0 Å². The first-order valence-electron chi connectivity index (χ1n) is 2.56. The van der Waals surface area contributed by atoms with Crippen molar-refractivity contribution in [2.45, 2.75) is 26.7 Å². The molecular weight excluding hydrogens is 152 g/mol. The van der Waals surface area contributed by atoms with Gasteiger partial charge in [0.15, 0.2) is 0 Å².